The summed E-state index contributed by atoms with van der Waals surface area (Å²) < 4.78 is 22.2. The fourth-order valence-electron chi connectivity index (χ4n) is 4.45. The van der Waals surface area contributed by atoms with Gasteiger partial charge in [0.2, 0.25) is 12.7 Å². The molecular formula is C25H28N2O5. The fourth-order valence-corrected chi connectivity index (χ4v) is 4.45. The second-order valence-corrected chi connectivity index (χ2v) is 8.46. The molecule has 32 heavy (non-hydrogen) atoms. The van der Waals surface area contributed by atoms with Crippen LogP contribution in [-0.2, 0) is 17.8 Å². The smallest absolute Gasteiger partial charge is 0.246 e. The summed E-state index contributed by atoms with van der Waals surface area (Å²) in [5.74, 6) is 3.27. The molecule has 1 unspecified atom stereocenters. The summed E-state index contributed by atoms with van der Waals surface area (Å²) >= 11 is 0. The molecule has 3 aliphatic rings. The van der Waals surface area contributed by atoms with Gasteiger partial charge in [-0.1, -0.05) is 6.07 Å². The number of fused-ring (bicyclic) bond motifs is 2. The molecule has 1 atom stereocenters. The molecule has 1 fully saturated rings. The largest absolute Gasteiger partial charge is 0.496 e. The highest BCUT2D eigenvalue weighted by Gasteiger charge is 2.23. The van der Waals surface area contributed by atoms with Crippen molar-refractivity contribution < 1.29 is 23.7 Å². The Balaban J connectivity index is 1.17. The van der Waals surface area contributed by atoms with Crippen molar-refractivity contribution in [3.05, 3.63) is 53.1 Å². The van der Waals surface area contributed by atoms with Crippen LogP contribution in [0.3, 0.4) is 0 Å². The van der Waals surface area contributed by atoms with Gasteiger partial charge in [-0.05, 0) is 42.8 Å². The number of nitrogens with zero attached hydrogens (tertiary/aromatic N) is 2. The van der Waals surface area contributed by atoms with Crippen molar-refractivity contribution in [1.82, 2.24) is 9.80 Å². The first-order valence-corrected chi connectivity index (χ1v) is 11.0. The quantitative estimate of drug-likeness (QED) is 0.672. The first-order valence-electron chi connectivity index (χ1n) is 11.0. The van der Waals surface area contributed by atoms with Crippen molar-refractivity contribution in [3.8, 4) is 23.0 Å². The second kappa shape index (κ2) is 8.74. The monoisotopic (exact) mass is 436 g/mol. The van der Waals surface area contributed by atoms with E-state index in [1.54, 1.807) is 13.2 Å². The minimum Gasteiger partial charge on any atom is -0.496 e. The predicted octanol–water partition coefficient (Wildman–Crippen LogP) is 3.10. The van der Waals surface area contributed by atoms with Crippen LogP contribution in [0.15, 0.2) is 36.4 Å². The second-order valence-electron chi connectivity index (χ2n) is 8.46. The van der Waals surface area contributed by atoms with Crippen molar-refractivity contribution in [2.45, 2.75) is 26.0 Å². The van der Waals surface area contributed by atoms with Gasteiger partial charge in [-0.3, -0.25) is 9.69 Å². The summed E-state index contributed by atoms with van der Waals surface area (Å²) in [7, 11) is 1.65. The van der Waals surface area contributed by atoms with Crippen LogP contribution in [-0.4, -0.2) is 61.9 Å². The molecule has 1 saturated heterocycles. The molecule has 2 aromatic carbocycles. The average molecular weight is 437 g/mol. The van der Waals surface area contributed by atoms with Crippen molar-refractivity contribution >= 4 is 12.0 Å². The number of piperazine rings is 1. The minimum atomic E-state index is 0.0181. The van der Waals surface area contributed by atoms with Crippen LogP contribution in [0, 0.1) is 0 Å². The van der Waals surface area contributed by atoms with E-state index in [1.165, 1.54) is 5.56 Å². The Hall–Kier alpha value is -3.19. The molecule has 168 valence electrons. The zero-order valence-corrected chi connectivity index (χ0v) is 18.5. The van der Waals surface area contributed by atoms with Crippen molar-refractivity contribution in [3.63, 3.8) is 0 Å². The highest BCUT2D eigenvalue weighted by atomic mass is 16.7. The number of benzene rings is 2. The van der Waals surface area contributed by atoms with Crippen LogP contribution in [0.2, 0.25) is 0 Å². The molecule has 0 N–H and O–H groups in total. The number of amides is 1. The van der Waals surface area contributed by atoms with E-state index in [9.17, 15) is 4.79 Å². The van der Waals surface area contributed by atoms with Gasteiger partial charge in [0.05, 0.1) is 7.11 Å². The summed E-state index contributed by atoms with van der Waals surface area (Å²) in [5, 5.41) is 0. The zero-order valence-electron chi connectivity index (χ0n) is 18.5. The van der Waals surface area contributed by atoms with E-state index >= 15 is 0 Å². The molecule has 7 nitrogen and oxygen atoms in total. The van der Waals surface area contributed by atoms with Crippen molar-refractivity contribution in [2.75, 3.05) is 40.1 Å². The number of carbonyl (C=O) groups is 1. The molecular weight excluding hydrogens is 408 g/mol. The molecule has 3 heterocycles. The third kappa shape index (κ3) is 4.25. The minimum absolute atomic E-state index is 0.0181. The number of hydrogen-bond donors (Lipinski definition) is 0. The maximum Gasteiger partial charge on any atom is 0.246 e. The lowest BCUT2D eigenvalue weighted by Gasteiger charge is -2.34. The van der Waals surface area contributed by atoms with Crippen LogP contribution in [0.5, 0.6) is 23.0 Å². The number of carbonyl (C=O) groups excluding carboxylic acids is 1. The first kappa shape index (κ1) is 20.7. The van der Waals surface area contributed by atoms with Crippen molar-refractivity contribution in [1.29, 1.82) is 0 Å². The Labute approximate surface area is 188 Å². The molecule has 0 saturated carbocycles. The van der Waals surface area contributed by atoms with Gasteiger partial charge in [-0.25, -0.2) is 0 Å². The van der Waals surface area contributed by atoms with Gasteiger partial charge >= 0.3 is 0 Å². The van der Waals surface area contributed by atoms with Crippen molar-refractivity contribution in [2.24, 2.45) is 0 Å². The summed E-state index contributed by atoms with van der Waals surface area (Å²) in [6.07, 6.45) is 4.51. The SMILES string of the molecule is COc1cc2c(cc1C=CC(=O)N1CCN(Cc3ccc4c(c3)OCO4)CC1)OC(C)C2. The molecule has 1 amide bonds. The topological polar surface area (TPSA) is 60.5 Å². The highest BCUT2D eigenvalue weighted by molar-refractivity contribution is 5.92. The van der Waals surface area contributed by atoms with E-state index in [2.05, 4.69) is 17.9 Å². The lowest BCUT2D eigenvalue weighted by molar-refractivity contribution is -0.127. The Bertz CT molecular complexity index is 1040. The fraction of sp³-hybridized carbons (Fsp3) is 0.400. The summed E-state index contributed by atoms with van der Waals surface area (Å²) in [6, 6.07) is 10.0. The summed E-state index contributed by atoms with van der Waals surface area (Å²) in [5.41, 5.74) is 3.20. The molecule has 5 rings (SSSR count). The van der Waals surface area contributed by atoms with E-state index in [-0.39, 0.29) is 18.8 Å². The van der Waals surface area contributed by atoms with Crippen LogP contribution in [0.25, 0.3) is 6.08 Å². The maximum absolute atomic E-state index is 12.8. The third-order valence-corrected chi connectivity index (χ3v) is 6.18. The average Bonchev–Trinajstić information content (AvgIpc) is 3.41. The molecule has 0 aromatic heterocycles. The van der Waals surface area contributed by atoms with Crippen LogP contribution in [0.4, 0.5) is 0 Å². The molecule has 0 aliphatic carbocycles. The lowest BCUT2D eigenvalue weighted by Crippen LogP contribution is -2.47. The molecule has 7 heteroatoms. The van der Waals surface area contributed by atoms with Gasteiger partial charge in [0.25, 0.3) is 0 Å². The molecule has 3 aliphatic heterocycles. The van der Waals surface area contributed by atoms with E-state index in [4.69, 9.17) is 18.9 Å². The number of methoxy groups -OCH3 is 1. The molecule has 0 radical (unpaired) electrons. The van der Waals surface area contributed by atoms with E-state index < -0.39 is 0 Å². The molecule has 0 spiro atoms. The van der Waals surface area contributed by atoms with Gasteiger partial charge < -0.3 is 23.8 Å². The number of rotatable bonds is 5. The van der Waals surface area contributed by atoms with Gasteiger partial charge in [0, 0.05) is 56.3 Å². The van der Waals surface area contributed by atoms with E-state index in [0.29, 0.717) is 13.1 Å². The first-order chi connectivity index (χ1) is 15.6. The van der Waals surface area contributed by atoms with Gasteiger partial charge in [0.1, 0.15) is 17.6 Å². The van der Waals surface area contributed by atoms with E-state index in [1.807, 2.05) is 35.2 Å². The number of ether oxygens (including phenoxy) is 4. The van der Waals surface area contributed by atoms with E-state index in [0.717, 1.165) is 60.2 Å². The Morgan fingerprint density at radius 3 is 2.72 bits per heavy atom. The Morgan fingerprint density at radius 1 is 1.09 bits per heavy atom. The van der Waals surface area contributed by atoms with Gasteiger partial charge in [0.15, 0.2) is 11.5 Å². The maximum atomic E-state index is 12.8. The number of hydrogen-bond acceptors (Lipinski definition) is 6. The third-order valence-electron chi connectivity index (χ3n) is 6.18. The van der Waals surface area contributed by atoms with Gasteiger partial charge in [-0.2, -0.15) is 0 Å². The summed E-state index contributed by atoms with van der Waals surface area (Å²) in [6.45, 7) is 6.25. The van der Waals surface area contributed by atoms with Gasteiger partial charge in [-0.15, -0.1) is 0 Å². The Kier molecular flexibility index (Phi) is 5.66. The van der Waals surface area contributed by atoms with Crippen LogP contribution in [0.1, 0.15) is 23.6 Å². The van der Waals surface area contributed by atoms with Crippen LogP contribution < -0.4 is 18.9 Å². The standard InChI is InChI=1S/C25H28N2O5/c1-17-11-20-14-22(29-2)19(13-23(20)32-17)4-6-25(28)27-9-7-26(8-10-27)15-18-3-5-21-24(12-18)31-16-30-21/h3-6,12-14,17H,7-11,15-16H2,1-2H3. The van der Waals surface area contributed by atoms with Crippen LogP contribution >= 0.6 is 0 Å². The highest BCUT2D eigenvalue weighted by Crippen LogP contribution is 2.36. The summed E-state index contributed by atoms with van der Waals surface area (Å²) in [4.78, 5) is 17.0. The Morgan fingerprint density at radius 2 is 1.91 bits per heavy atom. The lowest BCUT2D eigenvalue weighted by atomic mass is 10.1. The predicted molar refractivity (Wildman–Crippen MR) is 120 cm³/mol. The molecule has 0 bridgehead atoms. The zero-order chi connectivity index (χ0) is 22.1. The normalized spacial score (nSPS) is 19.8. The molecule has 2 aromatic rings.